The lowest BCUT2D eigenvalue weighted by molar-refractivity contribution is -0.213. The Morgan fingerprint density at radius 3 is 1.77 bits per heavy atom. The third-order valence-electron chi connectivity index (χ3n) is 5.76. The Kier molecular flexibility index (Phi) is 17.1. The van der Waals surface area contributed by atoms with Crippen LogP contribution in [-0.4, -0.2) is 114 Å². The first-order chi connectivity index (χ1) is 19.8. The highest BCUT2D eigenvalue weighted by molar-refractivity contribution is 7.47. The fraction of sp³-hybridized carbons (Fsp3) is 0.900. The summed E-state index contributed by atoms with van der Waals surface area (Å²) in [6.45, 7) is 0.691. The molecule has 0 spiro atoms. The van der Waals surface area contributed by atoms with Gasteiger partial charge in [-0.2, -0.15) is 0 Å². The lowest BCUT2D eigenvalue weighted by atomic mass is 9.85. The van der Waals surface area contributed by atoms with E-state index in [4.69, 9.17) is 43.8 Å². The number of aliphatic hydroxyl groups is 3. The van der Waals surface area contributed by atoms with E-state index in [-0.39, 0.29) is 12.8 Å². The minimum absolute atomic E-state index is 0.0534. The average Bonchev–Trinajstić information content (AvgIpc) is 2.88. The van der Waals surface area contributed by atoms with Crippen molar-refractivity contribution in [1.82, 2.24) is 0 Å². The molecule has 20 nitrogen and oxygen atoms in total. The molecule has 10 N–H and O–H groups in total. The third-order valence-corrected chi connectivity index (χ3v) is 7.79. The highest BCUT2D eigenvalue weighted by Gasteiger charge is 2.56. The van der Waals surface area contributed by atoms with Gasteiger partial charge in [0.1, 0.15) is 43.2 Å². The van der Waals surface area contributed by atoms with E-state index in [1.165, 1.54) is 0 Å². The number of rotatable bonds is 20. The standard InChI is InChI=1S/C20H40NO19P3/c1-2-3-4-7-13(22)35-10-12(37-14(23)8-5-6-9-21)11-36-43(33,34)40-18-15(24)16(25)19(38-41(27,28)29)20(17(18)26)39-42(30,31)32/h12,15-20,24-26H,2-11,21H2,1H3,(H,33,34)(H2,27,28,29)(H2,30,31,32). The monoisotopic (exact) mass is 691 g/mol. The number of esters is 2. The van der Waals surface area contributed by atoms with Crippen LogP contribution in [-0.2, 0) is 50.9 Å². The molecule has 0 saturated heterocycles. The van der Waals surface area contributed by atoms with Crippen molar-refractivity contribution >= 4 is 35.4 Å². The van der Waals surface area contributed by atoms with E-state index < -0.39 is 91.3 Å². The largest absolute Gasteiger partial charge is 0.472 e. The van der Waals surface area contributed by atoms with Crippen LogP contribution in [0.1, 0.15) is 51.9 Å². The normalized spacial score (nSPS) is 26.8. The number of phosphoric acid groups is 3. The van der Waals surface area contributed by atoms with Crippen LogP contribution in [0.15, 0.2) is 0 Å². The van der Waals surface area contributed by atoms with E-state index in [0.717, 1.165) is 12.8 Å². The van der Waals surface area contributed by atoms with E-state index in [9.17, 15) is 43.5 Å². The van der Waals surface area contributed by atoms with Crippen LogP contribution in [0.3, 0.4) is 0 Å². The molecule has 1 rings (SSSR count). The predicted molar refractivity (Wildman–Crippen MR) is 140 cm³/mol. The van der Waals surface area contributed by atoms with Crippen LogP contribution >= 0.6 is 23.5 Å². The second-order valence-corrected chi connectivity index (χ2v) is 13.2. The number of ether oxygens (including phenoxy) is 2. The first-order valence-corrected chi connectivity index (χ1v) is 17.6. The van der Waals surface area contributed by atoms with Crippen LogP contribution in [0.2, 0.25) is 0 Å². The fourth-order valence-corrected chi connectivity index (χ4v) is 5.86. The van der Waals surface area contributed by atoms with E-state index in [1.54, 1.807) is 0 Å². The van der Waals surface area contributed by atoms with Gasteiger partial charge < -0.3 is 55.0 Å². The average molecular weight is 691 g/mol. The third kappa shape index (κ3) is 15.8. The Labute approximate surface area is 246 Å². The summed E-state index contributed by atoms with van der Waals surface area (Å²) < 4.78 is 63.5. The van der Waals surface area contributed by atoms with Gasteiger partial charge in [0, 0.05) is 12.8 Å². The Morgan fingerprint density at radius 1 is 0.721 bits per heavy atom. The molecule has 0 aromatic heterocycles. The van der Waals surface area contributed by atoms with Gasteiger partial charge in [-0.15, -0.1) is 0 Å². The van der Waals surface area contributed by atoms with E-state index in [1.807, 2.05) is 6.92 Å². The maximum absolute atomic E-state index is 12.7. The van der Waals surface area contributed by atoms with Gasteiger partial charge in [-0.3, -0.25) is 27.7 Å². The second-order valence-electron chi connectivity index (χ2n) is 9.43. The molecule has 254 valence electrons. The van der Waals surface area contributed by atoms with Crippen molar-refractivity contribution in [3.8, 4) is 0 Å². The Bertz CT molecular complexity index is 1020. The zero-order valence-corrected chi connectivity index (χ0v) is 25.8. The van der Waals surface area contributed by atoms with Crippen LogP contribution in [0.4, 0.5) is 0 Å². The van der Waals surface area contributed by atoms with Gasteiger partial charge in [0.15, 0.2) is 6.10 Å². The zero-order valence-electron chi connectivity index (χ0n) is 23.1. The summed E-state index contributed by atoms with van der Waals surface area (Å²) >= 11 is 0. The van der Waals surface area contributed by atoms with Gasteiger partial charge in [0.25, 0.3) is 0 Å². The second kappa shape index (κ2) is 18.3. The maximum atomic E-state index is 12.7. The summed E-state index contributed by atoms with van der Waals surface area (Å²) in [7, 11) is -16.5. The van der Waals surface area contributed by atoms with Crippen LogP contribution < -0.4 is 5.73 Å². The molecule has 0 aromatic rings. The van der Waals surface area contributed by atoms with Gasteiger partial charge in [-0.25, -0.2) is 13.7 Å². The molecule has 8 atom stereocenters. The van der Waals surface area contributed by atoms with Crippen molar-refractivity contribution < 1.29 is 90.6 Å². The SMILES string of the molecule is CCCCCC(=O)OCC(COP(=O)(O)OC1C(O)C(O)C(OP(=O)(O)O)C(OP(=O)(O)O)C1O)OC(=O)CCCCN. The van der Waals surface area contributed by atoms with Gasteiger partial charge >= 0.3 is 35.4 Å². The Hall–Kier alpha value is -0.890. The molecule has 0 heterocycles. The summed E-state index contributed by atoms with van der Waals surface area (Å²) in [5, 5.41) is 31.2. The molecule has 0 aromatic carbocycles. The molecule has 0 bridgehead atoms. The molecule has 23 heteroatoms. The molecule has 1 saturated carbocycles. The van der Waals surface area contributed by atoms with E-state index >= 15 is 0 Å². The molecule has 0 radical (unpaired) electrons. The van der Waals surface area contributed by atoms with E-state index in [2.05, 4.69) is 9.05 Å². The summed E-state index contributed by atoms with van der Waals surface area (Å²) in [6.07, 6.45) is -13.5. The Balaban J connectivity index is 3.03. The van der Waals surface area contributed by atoms with Crippen molar-refractivity contribution in [2.24, 2.45) is 5.73 Å². The summed E-state index contributed by atoms with van der Waals surface area (Å²) in [5.74, 6) is -1.43. The topological polar surface area (TPSA) is 329 Å². The fourth-order valence-electron chi connectivity index (χ4n) is 3.77. The lowest BCUT2D eigenvalue weighted by Gasteiger charge is -2.44. The summed E-state index contributed by atoms with van der Waals surface area (Å²) in [4.78, 5) is 70.8. The number of hydrogen-bond donors (Lipinski definition) is 9. The molecule has 43 heavy (non-hydrogen) atoms. The number of aliphatic hydroxyl groups excluding tert-OH is 3. The van der Waals surface area contributed by atoms with Crippen LogP contribution in [0.25, 0.3) is 0 Å². The quantitative estimate of drug-likeness (QED) is 0.0407. The molecule has 1 aliphatic rings. The predicted octanol–water partition coefficient (Wildman–Crippen LogP) is -1.29. The van der Waals surface area contributed by atoms with Crippen molar-refractivity contribution in [2.45, 2.75) is 94.6 Å². The van der Waals surface area contributed by atoms with Crippen LogP contribution in [0.5, 0.6) is 0 Å². The molecular formula is C20H40NO19P3. The minimum atomic E-state index is -5.57. The van der Waals surface area contributed by atoms with E-state index in [0.29, 0.717) is 25.8 Å². The number of unbranched alkanes of at least 4 members (excludes halogenated alkanes) is 3. The molecule has 8 unspecified atom stereocenters. The smallest absolute Gasteiger partial charge is 0.462 e. The zero-order chi connectivity index (χ0) is 33.0. The van der Waals surface area contributed by atoms with Crippen molar-refractivity contribution in [2.75, 3.05) is 19.8 Å². The van der Waals surface area contributed by atoms with Gasteiger partial charge in [-0.1, -0.05) is 19.8 Å². The molecule has 1 aliphatic carbocycles. The lowest BCUT2D eigenvalue weighted by Crippen LogP contribution is -2.65. The highest BCUT2D eigenvalue weighted by Crippen LogP contribution is 2.51. The van der Waals surface area contributed by atoms with Crippen molar-refractivity contribution in [1.29, 1.82) is 0 Å². The first kappa shape index (κ1) is 40.1. The van der Waals surface area contributed by atoms with Gasteiger partial charge in [0.2, 0.25) is 0 Å². The highest BCUT2D eigenvalue weighted by atomic mass is 31.2. The number of carbonyl (C=O) groups excluding carboxylic acids is 2. The molecule has 0 aliphatic heterocycles. The summed E-state index contributed by atoms with van der Waals surface area (Å²) in [5.41, 5.74) is 5.38. The maximum Gasteiger partial charge on any atom is 0.472 e. The number of phosphoric ester groups is 3. The first-order valence-electron chi connectivity index (χ1n) is 13.0. The number of carbonyl (C=O) groups is 2. The molecular weight excluding hydrogens is 651 g/mol. The number of hydrogen-bond acceptors (Lipinski definition) is 15. The number of nitrogens with two attached hydrogens (primary N) is 1. The van der Waals surface area contributed by atoms with Gasteiger partial charge in [-0.05, 0) is 25.8 Å². The van der Waals surface area contributed by atoms with Crippen molar-refractivity contribution in [3.05, 3.63) is 0 Å². The van der Waals surface area contributed by atoms with Gasteiger partial charge in [0.05, 0.1) is 6.61 Å². The van der Waals surface area contributed by atoms with Crippen molar-refractivity contribution in [3.63, 3.8) is 0 Å². The molecule has 0 amide bonds. The summed E-state index contributed by atoms with van der Waals surface area (Å²) in [6, 6.07) is 0. The molecule has 1 fully saturated rings. The minimum Gasteiger partial charge on any atom is -0.462 e. The Morgan fingerprint density at radius 2 is 1.23 bits per heavy atom. The van der Waals surface area contributed by atoms with Crippen LogP contribution in [0, 0.1) is 0 Å².